The minimum Gasteiger partial charge on any atom is -0.497 e. The van der Waals surface area contributed by atoms with Crippen LogP contribution in [0.4, 0.5) is 0 Å². The van der Waals surface area contributed by atoms with E-state index in [9.17, 15) is 0 Å². The van der Waals surface area contributed by atoms with Gasteiger partial charge in [0.1, 0.15) is 11.5 Å². The molecule has 1 atom stereocenters. The molecule has 2 N–H and O–H groups in total. The summed E-state index contributed by atoms with van der Waals surface area (Å²) in [4.78, 5) is 4.57. The molecule has 1 unspecified atom stereocenters. The Bertz CT molecular complexity index is 560. The highest BCUT2D eigenvalue weighted by atomic mass is 16.5. The summed E-state index contributed by atoms with van der Waals surface area (Å²) < 4.78 is 11.0. The maximum atomic E-state index is 5.94. The standard InChI is InChI=1S/C15H18N2O2/c1-18-12-5-2-10(3-6-12)8-15-17-13-7-4-11(16)9-14(13)19-15/h2-3,5-6,11H,4,7-9,16H2,1H3. The van der Waals surface area contributed by atoms with Crippen LogP contribution in [-0.2, 0) is 19.3 Å². The first-order valence-corrected chi connectivity index (χ1v) is 6.60. The maximum absolute atomic E-state index is 5.94. The minimum absolute atomic E-state index is 0.217. The zero-order valence-electron chi connectivity index (χ0n) is 11.1. The highest BCUT2D eigenvalue weighted by Gasteiger charge is 2.21. The molecule has 1 aliphatic rings. The van der Waals surface area contributed by atoms with Crippen LogP contribution in [0, 0.1) is 0 Å². The fraction of sp³-hybridized carbons (Fsp3) is 0.400. The number of fused-ring (bicyclic) bond motifs is 1. The van der Waals surface area contributed by atoms with Crippen LogP contribution in [0.15, 0.2) is 28.7 Å². The number of nitrogens with zero attached hydrogens (tertiary/aromatic N) is 1. The summed E-state index contributed by atoms with van der Waals surface area (Å²) in [6.45, 7) is 0. The lowest BCUT2D eigenvalue weighted by Crippen LogP contribution is -2.27. The average Bonchev–Trinajstić information content (AvgIpc) is 2.81. The van der Waals surface area contributed by atoms with E-state index in [-0.39, 0.29) is 6.04 Å². The van der Waals surface area contributed by atoms with E-state index >= 15 is 0 Å². The van der Waals surface area contributed by atoms with E-state index < -0.39 is 0 Å². The lowest BCUT2D eigenvalue weighted by atomic mass is 9.98. The van der Waals surface area contributed by atoms with Gasteiger partial charge in [-0.25, -0.2) is 4.98 Å². The predicted octanol–water partition coefficient (Wildman–Crippen LogP) is 2.09. The summed E-state index contributed by atoms with van der Waals surface area (Å²) in [5, 5.41) is 0. The Morgan fingerprint density at radius 2 is 2.16 bits per heavy atom. The lowest BCUT2D eigenvalue weighted by molar-refractivity contribution is 0.414. The van der Waals surface area contributed by atoms with Crippen LogP contribution in [0.2, 0.25) is 0 Å². The number of hydrogen-bond donors (Lipinski definition) is 1. The molecule has 4 heteroatoms. The third kappa shape index (κ3) is 2.63. The molecule has 100 valence electrons. The summed E-state index contributed by atoms with van der Waals surface area (Å²) in [5.41, 5.74) is 8.20. The van der Waals surface area contributed by atoms with Gasteiger partial charge in [0.15, 0.2) is 5.89 Å². The topological polar surface area (TPSA) is 61.3 Å². The molecule has 0 spiro atoms. The van der Waals surface area contributed by atoms with Crippen LogP contribution in [0.25, 0.3) is 0 Å². The Kier molecular flexibility index (Phi) is 3.25. The van der Waals surface area contributed by atoms with Gasteiger partial charge in [0, 0.05) is 18.9 Å². The molecular weight excluding hydrogens is 240 g/mol. The fourth-order valence-electron chi connectivity index (χ4n) is 2.45. The smallest absolute Gasteiger partial charge is 0.199 e. The van der Waals surface area contributed by atoms with Crippen molar-refractivity contribution >= 4 is 0 Å². The van der Waals surface area contributed by atoms with Gasteiger partial charge in [-0.1, -0.05) is 12.1 Å². The van der Waals surface area contributed by atoms with Crippen molar-refractivity contribution < 1.29 is 9.15 Å². The molecular formula is C15H18N2O2. The Balaban J connectivity index is 1.76. The van der Waals surface area contributed by atoms with E-state index in [1.165, 1.54) is 5.56 Å². The van der Waals surface area contributed by atoms with Crippen LogP contribution >= 0.6 is 0 Å². The number of ether oxygens (including phenoxy) is 1. The van der Waals surface area contributed by atoms with Crippen LogP contribution in [-0.4, -0.2) is 18.1 Å². The molecule has 0 fully saturated rings. The number of nitrogens with two attached hydrogens (primary N) is 1. The first kappa shape index (κ1) is 12.2. The van der Waals surface area contributed by atoms with E-state index in [0.29, 0.717) is 6.42 Å². The molecule has 0 aliphatic heterocycles. The van der Waals surface area contributed by atoms with Crippen molar-refractivity contribution in [1.29, 1.82) is 0 Å². The highest BCUT2D eigenvalue weighted by Crippen LogP contribution is 2.23. The van der Waals surface area contributed by atoms with Gasteiger partial charge in [0.2, 0.25) is 0 Å². The summed E-state index contributed by atoms with van der Waals surface area (Å²) in [5.74, 6) is 2.62. The normalized spacial score (nSPS) is 18.1. The number of benzene rings is 1. The van der Waals surface area contributed by atoms with Crippen LogP contribution < -0.4 is 10.5 Å². The quantitative estimate of drug-likeness (QED) is 0.915. The van der Waals surface area contributed by atoms with Crippen molar-refractivity contribution in [2.24, 2.45) is 5.73 Å². The SMILES string of the molecule is COc1ccc(Cc2nc3c(o2)CC(N)CC3)cc1. The monoisotopic (exact) mass is 258 g/mol. The summed E-state index contributed by atoms with van der Waals surface area (Å²) >= 11 is 0. The second-order valence-corrected chi connectivity index (χ2v) is 5.01. The van der Waals surface area contributed by atoms with Crippen molar-refractivity contribution in [3.05, 3.63) is 47.2 Å². The molecule has 0 radical (unpaired) electrons. The van der Waals surface area contributed by atoms with Crippen LogP contribution in [0.5, 0.6) is 5.75 Å². The molecule has 0 saturated heterocycles. The molecule has 3 rings (SSSR count). The van der Waals surface area contributed by atoms with Crippen molar-refractivity contribution in [1.82, 2.24) is 4.98 Å². The van der Waals surface area contributed by atoms with Gasteiger partial charge in [0.25, 0.3) is 0 Å². The number of hydrogen-bond acceptors (Lipinski definition) is 4. The zero-order valence-corrected chi connectivity index (χ0v) is 11.1. The third-order valence-electron chi connectivity index (χ3n) is 3.54. The van der Waals surface area contributed by atoms with Crippen molar-refractivity contribution in [3.63, 3.8) is 0 Å². The summed E-state index contributed by atoms with van der Waals surface area (Å²) in [7, 11) is 1.67. The maximum Gasteiger partial charge on any atom is 0.199 e. The Morgan fingerprint density at radius 1 is 1.37 bits per heavy atom. The van der Waals surface area contributed by atoms with E-state index in [4.69, 9.17) is 14.9 Å². The molecule has 0 saturated carbocycles. The molecule has 1 aliphatic carbocycles. The predicted molar refractivity (Wildman–Crippen MR) is 72.3 cm³/mol. The van der Waals surface area contributed by atoms with Gasteiger partial charge in [-0.05, 0) is 30.5 Å². The van der Waals surface area contributed by atoms with E-state index in [2.05, 4.69) is 4.98 Å². The summed E-state index contributed by atoms with van der Waals surface area (Å²) in [6.07, 6.45) is 3.46. The van der Waals surface area contributed by atoms with E-state index in [1.54, 1.807) is 7.11 Å². The number of aryl methyl sites for hydroxylation is 1. The van der Waals surface area contributed by atoms with Gasteiger partial charge < -0.3 is 14.9 Å². The highest BCUT2D eigenvalue weighted by molar-refractivity contribution is 5.29. The summed E-state index contributed by atoms with van der Waals surface area (Å²) in [6, 6.07) is 8.19. The molecule has 0 amide bonds. The largest absolute Gasteiger partial charge is 0.497 e. The van der Waals surface area contributed by atoms with Gasteiger partial charge in [-0.2, -0.15) is 0 Å². The van der Waals surface area contributed by atoms with Crippen molar-refractivity contribution in [2.45, 2.75) is 31.7 Å². The number of aromatic nitrogens is 1. The van der Waals surface area contributed by atoms with Crippen LogP contribution in [0.3, 0.4) is 0 Å². The first-order valence-electron chi connectivity index (χ1n) is 6.60. The second kappa shape index (κ2) is 5.05. The van der Waals surface area contributed by atoms with E-state index in [0.717, 1.165) is 42.4 Å². The van der Waals surface area contributed by atoms with Crippen molar-refractivity contribution in [3.8, 4) is 5.75 Å². The van der Waals surface area contributed by atoms with Crippen LogP contribution in [0.1, 0.15) is 29.3 Å². The minimum atomic E-state index is 0.217. The van der Waals surface area contributed by atoms with Gasteiger partial charge >= 0.3 is 0 Å². The van der Waals surface area contributed by atoms with Gasteiger partial charge in [0.05, 0.1) is 12.8 Å². The molecule has 19 heavy (non-hydrogen) atoms. The van der Waals surface area contributed by atoms with E-state index in [1.807, 2.05) is 24.3 Å². The second-order valence-electron chi connectivity index (χ2n) is 5.01. The Morgan fingerprint density at radius 3 is 2.89 bits per heavy atom. The molecule has 1 aromatic carbocycles. The lowest BCUT2D eigenvalue weighted by Gasteiger charge is -2.14. The molecule has 0 bridgehead atoms. The molecule has 1 heterocycles. The molecule has 2 aromatic rings. The Labute approximate surface area is 112 Å². The van der Waals surface area contributed by atoms with Gasteiger partial charge in [-0.15, -0.1) is 0 Å². The molecule has 1 aromatic heterocycles. The average molecular weight is 258 g/mol. The number of rotatable bonds is 3. The number of methoxy groups -OCH3 is 1. The van der Waals surface area contributed by atoms with Crippen molar-refractivity contribution in [2.75, 3.05) is 7.11 Å². The zero-order chi connectivity index (χ0) is 13.2. The molecule has 4 nitrogen and oxygen atoms in total. The Hall–Kier alpha value is -1.81. The first-order chi connectivity index (χ1) is 9.24. The number of oxazole rings is 1. The fourth-order valence-corrected chi connectivity index (χ4v) is 2.45. The van der Waals surface area contributed by atoms with Gasteiger partial charge in [-0.3, -0.25) is 0 Å². The third-order valence-corrected chi connectivity index (χ3v) is 3.54.